The van der Waals surface area contributed by atoms with Crippen molar-refractivity contribution in [2.24, 2.45) is 0 Å². The van der Waals surface area contributed by atoms with Crippen LogP contribution in [0.3, 0.4) is 0 Å². The second-order valence-electron chi connectivity index (χ2n) is 6.55. The van der Waals surface area contributed by atoms with Crippen LogP contribution in [0.1, 0.15) is 32.5 Å². The number of hydrogen-bond donors (Lipinski definition) is 1. The number of hydrogen-bond acceptors (Lipinski definition) is 3. The summed E-state index contributed by atoms with van der Waals surface area (Å²) in [4.78, 5) is 4.62. The molecular weight excluding hydrogens is 262 g/mol. The maximum Gasteiger partial charge on any atom is 0.106 e. The lowest BCUT2D eigenvalue weighted by Gasteiger charge is -2.36. The van der Waals surface area contributed by atoms with Crippen LogP contribution >= 0.6 is 0 Å². The van der Waals surface area contributed by atoms with Crippen LogP contribution in [0.15, 0.2) is 24.3 Å². The molecule has 114 valence electrons. The fourth-order valence-corrected chi connectivity index (χ4v) is 3.26. The van der Waals surface area contributed by atoms with Crippen LogP contribution in [0.25, 0.3) is 11.0 Å². The summed E-state index contributed by atoms with van der Waals surface area (Å²) >= 11 is 0. The molecule has 1 saturated heterocycles. The minimum atomic E-state index is 0.00748. The molecule has 0 spiro atoms. The predicted molar refractivity (Wildman–Crippen MR) is 85.5 cm³/mol. The number of imidazole rings is 1. The third-order valence-corrected chi connectivity index (χ3v) is 4.31. The van der Waals surface area contributed by atoms with Crippen molar-refractivity contribution in [1.82, 2.24) is 14.9 Å². The van der Waals surface area contributed by atoms with Gasteiger partial charge in [0.2, 0.25) is 0 Å². The van der Waals surface area contributed by atoms with Gasteiger partial charge >= 0.3 is 0 Å². The summed E-state index contributed by atoms with van der Waals surface area (Å²) in [5.74, 6) is 1.09. The Morgan fingerprint density at radius 3 is 3.00 bits per heavy atom. The fourth-order valence-electron chi connectivity index (χ4n) is 3.26. The smallest absolute Gasteiger partial charge is 0.106 e. The van der Waals surface area contributed by atoms with Gasteiger partial charge in [0.05, 0.1) is 16.6 Å². The monoisotopic (exact) mass is 287 g/mol. The Labute approximate surface area is 126 Å². The fraction of sp³-hybridized carbons (Fsp3) is 0.588. The summed E-state index contributed by atoms with van der Waals surface area (Å²) in [5.41, 5.74) is 2.32. The van der Waals surface area contributed by atoms with Crippen LogP contribution in [-0.2, 0) is 11.3 Å². The molecule has 4 nitrogen and oxygen atoms in total. The van der Waals surface area contributed by atoms with Crippen molar-refractivity contribution >= 4 is 11.0 Å². The van der Waals surface area contributed by atoms with Crippen molar-refractivity contribution in [1.29, 1.82) is 0 Å². The van der Waals surface area contributed by atoms with Gasteiger partial charge in [-0.3, -0.25) is 0 Å². The Morgan fingerprint density at radius 2 is 2.19 bits per heavy atom. The van der Waals surface area contributed by atoms with E-state index in [-0.39, 0.29) is 5.60 Å². The average molecular weight is 287 g/mol. The Bertz CT molecular complexity index is 618. The van der Waals surface area contributed by atoms with Gasteiger partial charge in [0.1, 0.15) is 5.82 Å². The highest BCUT2D eigenvalue weighted by Gasteiger charge is 2.28. The van der Waals surface area contributed by atoms with Gasteiger partial charge in [-0.1, -0.05) is 12.1 Å². The molecule has 2 heterocycles. The molecule has 1 fully saturated rings. The molecule has 0 saturated carbocycles. The number of ether oxygens (including phenoxy) is 1. The van der Waals surface area contributed by atoms with Crippen LogP contribution in [0.4, 0.5) is 0 Å². The van der Waals surface area contributed by atoms with Gasteiger partial charge in [-0.25, -0.2) is 4.98 Å². The zero-order chi connectivity index (χ0) is 14.9. The number of aromatic nitrogens is 2. The lowest BCUT2D eigenvalue weighted by atomic mass is 9.94. The van der Waals surface area contributed by atoms with Crippen LogP contribution in [0.5, 0.6) is 0 Å². The van der Waals surface area contributed by atoms with Gasteiger partial charge in [-0.2, -0.15) is 0 Å². The van der Waals surface area contributed by atoms with Crippen molar-refractivity contribution in [3.63, 3.8) is 0 Å². The van der Waals surface area contributed by atoms with Crippen molar-refractivity contribution in [3.05, 3.63) is 30.1 Å². The molecule has 4 heteroatoms. The molecule has 1 aromatic heterocycles. The molecule has 1 aromatic carbocycles. The van der Waals surface area contributed by atoms with Crippen molar-refractivity contribution < 1.29 is 4.74 Å². The quantitative estimate of drug-likeness (QED) is 0.940. The normalized spacial score (nSPS) is 21.8. The summed E-state index contributed by atoms with van der Waals surface area (Å²) in [6, 6.07) is 8.90. The number of para-hydroxylation sites is 2. The molecular formula is C17H25N3O. The maximum absolute atomic E-state index is 5.77. The van der Waals surface area contributed by atoms with Gasteiger partial charge in [0.25, 0.3) is 0 Å². The van der Waals surface area contributed by atoms with E-state index in [9.17, 15) is 0 Å². The van der Waals surface area contributed by atoms with Crippen LogP contribution in [0, 0.1) is 6.92 Å². The first-order chi connectivity index (χ1) is 10.1. The first kappa shape index (κ1) is 14.5. The first-order valence-corrected chi connectivity index (χ1v) is 7.84. The SMILES string of the molecule is Cc1nc2ccccc2n1CCNC1CCOC(C)(C)C1. The Morgan fingerprint density at radius 1 is 1.38 bits per heavy atom. The van der Waals surface area contributed by atoms with E-state index in [1.807, 2.05) is 6.07 Å². The lowest BCUT2D eigenvalue weighted by Crippen LogP contribution is -2.44. The molecule has 1 N–H and O–H groups in total. The molecule has 0 bridgehead atoms. The highest BCUT2D eigenvalue weighted by molar-refractivity contribution is 5.75. The highest BCUT2D eigenvalue weighted by Crippen LogP contribution is 2.23. The lowest BCUT2D eigenvalue weighted by molar-refractivity contribution is -0.0628. The third-order valence-electron chi connectivity index (χ3n) is 4.31. The second kappa shape index (κ2) is 5.78. The predicted octanol–water partition coefficient (Wildman–Crippen LogP) is 2.89. The average Bonchev–Trinajstić information content (AvgIpc) is 2.74. The molecule has 3 rings (SSSR count). The number of aryl methyl sites for hydroxylation is 1. The standard InChI is InChI=1S/C17H25N3O/c1-13-19-15-6-4-5-7-16(15)20(13)10-9-18-14-8-11-21-17(2,3)12-14/h4-7,14,18H,8-12H2,1-3H3. The van der Waals surface area contributed by atoms with E-state index in [0.717, 1.165) is 43.9 Å². The van der Waals surface area contributed by atoms with Crippen molar-refractivity contribution in [3.8, 4) is 0 Å². The number of fused-ring (bicyclic) bond motifs is 1. The summed E-state index contributed by atoms with van der Waals surface area (Å²) in [6.07, 6.45) is 2.18. The minimum Gasteiger partial charge on any atom is -0.375 e. The van der Waals surface area contributed by atoms with Gasteiger partial charge < -0.3 is 14.6 Å². The number of nitrogens with one attached hydrogen (secondary N) is 1. The Balaban J connectivity index is 1.61. The van der Waals surface area contributed by atoms with E-state index in [4.69, 9.17) is 4.74 Å². The third kappa shape index (κ3) is 3.27. The topological polar surface area (TPSA) is 39.1 Å². The van der Waals surface area contributed by atoms with E-state index in [0.29, 0.717) is 6.04 Å². The molecule has 2 aromatic rings. The molecule has 1 aliphatic heterocycles. The number of benzene rings is 1. The molecule has 1 unspecified atom stereocenters. The maximum atomic E-state index is 5.77. The van der Waals surface area contributed by atoms with Crippen LogP contribution < -0.4 is 5.32 Å². The Hall–Kier alpha value is -1.39. The molecule has 0 radical (unpaired) electrons. The molecule has 1 atom stereocenters. The first-order valence-electron chi connectivity index (χ1n) is 7.84. The molecule has 21 heavy (non-hydrogen) atoms. The van der Waals surface area contributed by atoms with E-state index in [2.05, 4.69) is 53.8 Å². The van der Waals surface area contributed by atoms with Crippen molar-refractivity contribution in [2.75, 3.05) is 13.2 Å². The van der Waals surface area contributed by atoms with E-state index in [1.54, 1.807) is 0 Å². The van der Waals surface area contributed by atoms with E-state index >= 15 is 0 Å². The van der Waals surface area contributed by atoms with Crippen LogP contribution in [-0.4, -0.2) is 34.3 Å². The largest absolute Gasteiger partial charge is 0.375 e. The summed E-state index contributed by atoms with van der Waals surface area (Å²) in [7, 11) is 0. The van der Waals surface area contributed by atoms with Gasteiger partial charge in [-0.15, -0.1) is 0 Å². The summed E-state index contributed by atoms with van der Waals surface area (Å²) in [6.45, 7) is 9.23. The van der Waals surface area contributed by atoms with Crippen molar-refractivity contribution in [2.45, 2.75) is 51.8 Å². The van der Waals surface area contributed by atoms with Gasteiger partial charge in [0.15, 0.2) is 0 Å². The summed E-state index contributed by atoms with van der Waals surface area (Å²) in [5, 5.41) is 3.68. The molecule has 0 aliphatic carbocycles. The molecule has 1 aliphatic rings. The van der Waals surface area contributed by atoms with E-state index < -0.39 is 0 Å². The minimum absolute atomic E-state index is 0.00748. The van der Waals surface area contributed by atoms with E-state index in [1.165, 1.54) is 5.52 Å². The Kier molecular flexibility index (Phi) is 4.00. The summed E-state index contributed by atoms with van der Waals surface area (Å²) < 4.78 is 8.07. The highest BCUT2D eigenvalue weighted by atomic mass is 16.5. The number of nitrogens with zero attached hydrogens (tertiary/aromatic N) is 2. The van der Waals surface area contributed by atoms with Gasteiger partial charge in [0, 0.05) is 25.7 Å². The zero-order valence-corrected chi connectivity index (χ0v) is 13.2. The van der Waals surface area contributed by atoms with Crippen LogP contribution in [0.2, 0.25) is 0 Å². The molecule has 0 amide bonds. The zero-order valence-electron chi connectivity index (χ0n) is 13.2. The second-order valence-corrected chi connectivity index (χ2v) is 6.55. The number of rotatable bonds is 4. The van der Waals surface area contributed by atoms with Gasteiger partial charge in [-0.05, 0) is 45.7 Å².